The predicted molar refractivity (Wildman–Crippen MR) is 60.8 cm³/mol. The molecule has 0 amide bonds. The highest BCUT2D eigenvalue weighted by atomic mass is 35.5. The van der Waals surface area contributed by atoms with E-state index in [1.807, 2.05) is 6.07 Å². The molecule has 1 aliphatic rings. The number of nitrogens with two attached hydrogens (primary N) is 1. The molecule has 15 heavy (non-hydrogen) atoms. The molecule has 0 bridgehead atoms. The number of halogens is 1. The second kappa shape index (κ2) is 4.77. The number of aromatic nitrogens is 2. The fourth-order valence-electron chi connectivity index (χ4n) is 1.93. The van der Waals surface area contributed by atoms with Crippen LogP contribution < -0.4 is 11.1 Å². The summed E-state index contributed by atoms with van der Waals surface area (Å²) in [6.45, 7) is 2.19. The van der Waals surface area contributed by atoms with E-state index in [9.17, 15) is 0 Å². The van der Waals surface area contributed by atoms with E-state index in [2.05, 4.69) is 15.5 Å². The molecule has 0 aliphatic carbocycles. The average Bonchev–Trinajstić information content (AvgIpc) is 2.25. The van der Waals surface area contributed by atoms with Gasteiger partial charge in [-0.1, -0.05) is 11.6 Å². The molecule has 1 aromatic heterocycles. The third-order valence-electron chi connectivity index (χ3n) is 2.72. The van der Waals surface area contributed by atoms with E-state index in [-0.39, 0.29) is 0 Å². The third-order valence-corrected chi connectivity index (χ3v) is 3.02. The number of nitrogens with zero attached hydrogens (tertiary/aromatic N) is 2. The van der Waals surface area contributed by atoms with Crippen molar-refractivity contribution in [2.45, 2.75) is 19.3 Å². The first-order valence-corrected chi connectivity index (χ1v) is 5.62. The summed E-state index contributed by atoms with van der Waals surface area (Å²) in [5.41, 5.74) is 7.13. The van der Waals surface area contributed by atoms with Crippen LogP contribution in [0.5, 0.6) is 0 Å². The van der Waals surface area contributed by atoms with Crippen LogP contribution in [0.2, 0.25) is 5.15 Å². The second-order valence-corrected chi connectivity index (χ2v) is 4.36. The van der Waals surface area contributed by atoms with Gasteiger partial charge in [0.05, 0.1) is 11.4 Å². The van der Waals surface area contributed by atoms with Crippen LogP contribution in [0.25, 0.3) is 0 Å². The Morgan fingerprint density at radius 1 is 1.53 bits per heavy atom. The Balaban J connectivity index is 2.00. The van der Waals surface area contributed by atoms with Gasteiger partial charge in [0, 0.05) is 0 Å². The van der Waals surface area contributed by atoms with Gasteiger partial charge in [0.25, 0.3) is 0 Å². The number of anilines is 1. The van der Waals surface area contributed by atoms with E-state index in [0.717, 1.165) is 25.2 Å². The summed E-state index contributed by atoms with van der Waals surface area (Å²) in [7, 11) is 0. The first kappa shape index (κ1) is 10.6. The minimum Gasteiger partial charge on any atom is -0.396 e. The molecule has 1 unspecified atom stereocenters. The SMILES string of the molecule is Nc1cc(CC2CCCNC2)nnc1Cl. The lowest BCUT2D eigenvalue weighted by Crippen LogP contribution is -2.31. The molecule has 4 nitrogen and oxygen atoms in total. The van der Waals surface area contributed by atoms with Crippen LogP contribution in [-0.2, 0) is 6.42 Å². The molecule has 0 saturated carbocycles. The monoisotopic (exact) mass is 226 g/mol. The molecule has 2 rings (SSSR count). The average molecular weight is 227 g/mol. The standard InChI is InChI=1S/C10H15ClN4/c11-10-9(12)5-8(14-15-10)4-7-2-1-3-13-6-7/h5,7,13H,1-4,6H2,(H2,12,14). The van der Waals surface area contributed by atoms with Gasteiger partial charge in [-0.2, -0.15) is 5.10 Å². The van der Waals surface area contributed by atoms with E-state index in [1.165, 1.54) is 12.8 Å². The van der Waals surface area contributed by atoms with Crippen LogP contribution in [0.4, 0.5) is 5.69 Å². The zero-order chi connectivity index (χ0) is 10.7. The Morgan fingerprint density at radius 2 is 2.40 bits per heavy atom. The highest BCUT2D eigenvalue weighted by molar-refractivity contribution is 6.31. The van der Waals surface area contributed by atoms with Gasteiger partial charge < -0.3 is 11.1 Å². The van der Waals surface area contributed by atoms with Crippen LogP contribution >= 0.6 is 11.6 Å². The molecule has 2 heterocycles. The molecule has 1 aromatic rings. The van der Waals surface area contributed by atoms with E-state index in [1.54, 1.807) is 0 Å². The number of rotatable bonds is 2. The quantitative estimate of drug-likeness (QED) is 0.797. The summed E-state index contributed by atoms with van der Waals surface area (Å²) in [5.74, 6) is 0.647. The molecular weight excluding hydrogens is 212 g/mol. The molecule has 5 heteroatoms. The summed E-state index contributed by atoms with van der Waals surface area (Å²) >= 11 is 5.71. The number of hydrogen-bond donors (Lipinski definition) is 2. The van der Waals surface area contributed by atoms with Gasteiger partial charge in [-0.15, -0.1) is 5.10 Å². The van der Waals surface area contributed by atoms with Crippen LogP contribution in [0.15, 0.2) is 6.07 Å². The lowest BCUT2D eigenvalue weighted by Gasteiger charge is -2.22. The Kier molecular flexibility index (Phi) is 3.38. The zero-order valence-corrected chi connectivity index (χ0v) is 9.30. The fourth-order valence-corrected chi connectivity index (χ4v) is 2.02. The maximum absolute atomic E-state index is 5.71. The maximum atomic E-state index is 5.71. The van der Waals surface area contributed by atoms with E-state index in [4.69, 9.17) is 17.3 Å². The van der Waals surface area contributed by atoms with Crippen molar-refractivity contribution < 1.29 is 0 Å². The van der Waals surface area contributed by atoms with Crippen LogP contribution in [0.1, 0.15) is 18.5 Å². The predicted octanol–water partition coefficient (Wildman–Crippen LogP) is 1.25. The van der Waals surface area contributed by atoms with Gasteiger partial charge in [-0.05, 0) is 44.3 Å². The second-order valence-electron chi connectivity index (χ2n) is 4.00. The third kappa shape index (κ3) is 2.79. The molecule has 1 saturated heterocycles. The Labute approximate surface area is 94.2 Å². The van der Waals surface area contributed by atoms with Gasteiger partial charge >= 0.3 is 0 Å². The van der Waals surface area contributed by atoms with Crippen LogP contribution in [0.3, 0.4) is 0 Å². The van der Waals surface area contributed by atoms with Crippen molar-refractivity contribution in [2.75, 3.05) is 18.8 Å². The smallest absolute Gasteiger partial charge is 0.174 e. The van der Waals surface area contributed by atoms with Gasteiger partial charge in [-0.3, -0.25) is 0 Å². The van der Waals surface area contributed by atoms with Crippen LogP contribution in [0, 0.1) is 5.92 Å². The zero-order valence-electron chi connectivity index (χ0n) is 8.54. The summed E-state index contributed by atoms with van der Waals surface area (Å²) in [6, 6.07) is 1.82. The molecule has 82 valence electrons. The molecular formula is C10H15ClN4. The normalized spacial score (nSPS) is 21.5. The molecule has 0 radical (unpaired) electrons. The van der Waals surface area contributed by atoms with Crippen molar-refractivity contribution in [3.05, 3.63) is 16.9 Å². The molecule has 1 fully saturated rings. The Hall–Kier alpha value is -0.870. The number of piperidine rings is 1. The lowest BCUT2D eigenvalue weighted by atomic mass is 9.94. The van der Waals surface area contributed by atoms with Gasteiger partial charge in [0.15, 0.2) is 5.15 Å². The summed E-state index contributed by atoms with van der Waals surface area (Å²) in [5, 5.41) is 11.5. The fraction of sp³-hybridized carbons (Fsp3) is 0.600. The Morgan fingerprint density at radius 3 is 3.07 bits per heavy atom. The first-order chi connectivity index (χ1) is 7.25. The number of hydrogen-bond acceptors (Lipinski definition) is 4. The van der Waals surface area contributed by atoms with Crippen molar-refractivity contribution in [3.8, 4) is 0 Å². The van der Waals surface area contributed by atoms with Crippen molar-refractivity contribution in [1.29, 1.82) is 0 Å². The molecule has 0 aromatic carbocycles. The summed E-state index contributed by atoms with van der Waals surface area (Å²) in [6.07, 6.45) is 3.42. The molecule has 1 aliphatic heterocycles. The topological polar surface area (TPSA) is 63.8 Å². The Bertz CT molecular complexity index is 336. The lowest BCUT2D eigenvalue weighted by molar-refractivity contribution is 0.373. The first-order valence-electron chi connectivity index (χ1n) is 5.24. The summed E-state index contributed by atoms with van der Waals surface area (Å²) in [4.78, 5) is 0. The van der Waals surface area contributed by atoms with Crippen molar-refractivity contribution >= 4 is 17.3 Å². The molecule has 0 spiro atoms. The minimum absolute atomic E-state index is 0.292. The van der Waals surface area contributed by atoms with Gasteiger partial charge in [0.2, 0.25) is 0 Å². The number of nitrogens with one attached hydrogen (secondary N) is 1. The van der Waals surface area contributed by atoms with Gasteiger partial charge in [-0.25, -0.2) is 0 Å². The van der Waals surface area contributed by atoms with Crippen molar-refractivity contribution in [3.63, 3.8) is 0 Å². The maximum Gasteiger partial charge on any atom is 0.174 e. The number of nitrogen functional groups attached to an aromatic ring is 1. The summed E-state index contributed by atoms with van der Waals surface area (Å²) < 4.78 is 0. The van der Waals surface area contributed by atoms with E-state index in [0.29, 0.717) is 16.8 Å². The highest BCUT2D eigenvalue weighted by Gasteiger charge is 2.14. The van der Waals surface area contributed by atoms with Gasteiger partial charge in [0.1, 0.15) is 0 Å². The molecule has 1 atom stereocenters. The minimum atomic E-state index is 0.292. The van der Waals surface area contributed by atoms with E-state index < -0.39 is 0 Å². The highest BCUT2D eigenvalue weighted by Crippen LogP contribution is 2.19. The van der Waals surface area contributed by atoms with Crippen molar-refractivity contribution in [1.82, 2.24) is 15.5 Å². The van der Waals surface area contributed by atoms with Crippen molar-refractivity contribution in [2.24, 2.45) is 5.92 Å². The largest absolute Gasteiger partial charge is 0.396 e. The van der Waals surface area contributed by atoms with Crippen LogP contribution in [-0.4, -0.2) is 23.3 Å². The molecule has 3 N–H and O–H groups in total. The van der Waals surface area contributed by atoms with E-state index >= 15 is 0 Å².